The predicted molar refractivity (Wildman–Crippen MR) is 116 cm³/mol. The van der Waals surface area contributed by atoms with E-state index in [1.54, 1.807) is 25.4 Å². The van der Waals surface area contributed by atoms with Crippen molar-refractivity contribution >= 4 is 33.7 Å². The highest BCUT2D eigenvalue weighted by Crippen LogP contribution is 2.45. The van der Waals surface area contributed by atoms with Gasteiger partial charge >= 0.3 is 0 Å². The summed E-state index contributed by atoms with van der Waals surface area (Å²) < 4.78 is 6.35. The molecule has 2 N–H and O–H groups in total. The minimum Gasteiger partial charge on any atom is -0.497 e. The van der Waals surface area contributed by atoms with E-state index in [9.17, 15) is 4.79 Å². The van der Waals surface area contributed by atoms with Gasteiger partial charge in [0, 0.05) is 15.9 Å². The van der Waals surface area contributed by atoms with Gasteiger partial charge in [-0.3, -0.25) is 4.79 Å². The third kappa shape index (κ3) is 3.03. The van der Waals surface area contributed by atoms with Crippen LogP contribution >= 0.6 is 11.3 Å². The number of aryl methyl sites for hydroxylation is 1. The summed E-state index contributed by atoms with van der Waals surface area (Å²) in [6.07, 6.45) is 7.22. The quantitative estimate of drug-likeness (QED) is 0.675. The van der Waals surface area contributed by atoms with Crippen LogP contribution in [0.5, 0.6) is 5.75 Å². The summed E-state index contributed by atoms with van der Waals surface area (Å²) in [5, 5.41) is 0.622. The fourth-order valence-electron chi connectivity index (χ4n) is 3.68. The van der Waals surface area contributed by atoms with Crippen molar-refractivity contribution in [1.29, 1.82) is 0 Å². The number of allylic oxidation sites excluding steroid dienone is 2. The van der Waals surface area contributed by atoms with Crippen LogP contribution in [-0.4, -0.2) is 16.8 Å². The number of fused-ring (bicyclic) bond motifs is 3. The van der Waals surface area contributed by atoms with Crippen LogP contribution in [0.4, 0.5) is 0 Å². The molecular weight excluding hydrogens is 370 g/mol. The van der Waals surface area contributed by atoms with Crippen molar-refractivity contribution < 1.29 is 4.74 Å². The third-order valence-corrected chi connectivity index (χ3v) is 6.63. The molecule has 5 nitrogen and oxygen atoms in total. The first-order chi connectivity index (χ1) is 13.3. The van der Waals surface area contributed by atoms with Crippen molar-refractivity contribution in [1.82, 2.24) is 9.66 Å². The first-order valence-corrected chi connectivity index (χ1v) is 9.96. The molecule has 28 heavy (non-hydrogen) atoms. The lowest BCUT2D eigenvalue weighted by molar-refractivity contribution is 0.415. The Bertz CT molecular complexity index is 1180. The molecule has 0 fully saturated rings. The third-order valence-electron chi connectivity index (χ3n) is 5.17. The second-order valence-corrected chi connectivity index (χ2v) is 8.74. The molecule has 1 aliphatic rings. The molecule has 0 aliphatic heterocycles. The van der Waals surface area contributed by atoms with E-state index in [-0.39, 0.29) is 11.0 Å². The fraction of sp³-hybridized carbons (Fsp3) is 0.273. The summed E-state index contributed by atoms with van der Waals surface area (Å²) in [5.41, 5.74) is 2.97. The van der Waals surface area contributed by atoms with Gasteiger partial charge in [-0.1, -0.05) is 38.1 Å². The lowest BCUT2D eigenvalue weighted by atomic mass is 9.77. The Balaban J connectivity index is 1.81. The van der Waals surface area contributed by atoms with Crippen LogP contribution in [0.1, 0.15) is 42.1 Å². The number of thiophene rings is 1. The monoisotopic (exact) mass is 393 g/mol. The summed E-state index contributed by atoms with van der Waals surface area (Å²) in [7, 11) is 1.66. The van der Waals surface area contributed by atoms with Crippen LogP contribution in [0.2, 0.25) is 0 Å². The Morgan fingerprint density at radius 3 is 2.64 bits per heavy atom. The van der Waals surface area contributed by atoms with Crippen molar-refractivity contribution in [2.45, 2.75) is 32.6 Å². The zero-order valence-corrected chi connectivity index (χ0v) is 17.3. The Labute approximate surface area is 167 Å². The first kappa shape index (κ1) is 18.5. The van der Waals surface area contributed by atoms with Crippen molar-refractivity contribution in [3.8, 4) is 5.75 Å². The average molecular weight is 394 g/mol. The molecule has 144 valence electrons. The number of nitrogen functional groups attached to an aromatic ring is 1. The molecule has 0 radical (unpaired) electrons. The van der Waals surface area contributed by atoms with Gasteiger partial charge in [-0.05, 0) is 42.7 Å². The van der Waals surface area contributed by atoms with Gasteiger partial charge < -0.3 is 10.6 Å². The molecular formula is C22H23N3O2S. The highest BCUT2D eigenvalue weighted by Gasteiger charge is 2.32. The Morgan fingerprint density at radius 1 is 1.25 bits per heavy atom. The van der Waals surface area contributed by atoms with Gasteiger partial charge in [-0.25, -0.2) is 9.66 Å². The number of nitrogens with two attached hydrogens (primary N) is 1. The molecule has 0 amide bonds. The van der Waals surface area contributed by atoms with Crippen LogP contribution in [0, 0.1) is 6.92 Å². The van der Waals surface area contributed by atoms with Gasteiger partial charge in [-0.15, -0.1) is 11.3 Å². The maximum atomic E-state index is 12.8. The molecule has 2 aromatic heterocycles. The van der Waals surface area contributed by atoms with E-state index in [0.717, 1.165) is 32.8 Å². The molecule has 2 heterocycles. The number of rotatable bonds is 3. The summed E-state index contributed by atoms with van der Waals surface area (Å²) in [4.78, 5) is 19.3. The predicted octanol–water partition coefficient (Wildman–Crippen LogP) is 4.27. The molecule has 4 rings (SSSR count). The van der Waals surface area contributed by atoms with E-state index in [4.69, 9.17) is 10.6 Å². The first-order valence-electron chi connectivity index (χ1n) is 9.14. The van der Waals surface area contributed by atoms with Gasteiger partial charge in [0.05, 0.1) is 12.5 Å². The van der Waals surface area contributed by atoms with Crippen molar-refractivity contribution in [3.63, 3.8) is 0 Å². The van der Waals surface area contributed by atoms with Gasteiger partial charge in [-0.2, -0.15) is 0 Å². The standard InChI is InChI=1S/C22H23N3O2S/c1-13-24-20-18(21(26)25(13)23)17-11-15(12-22(2,3)19(17)28-20)6-5-14-7-9-16(27-4)10-8-14/h5-11H,12,23H2,1-4H3/b6-5+. The number of benzene rings is 1. The van der Waals surface area contributed by atoms with Crippen LogP contribution in [0.15, 0.2) is 40.7 Å². The molecule has 1 aliphatic carbocycles. The lowest BCUT2D eigenvalue weighted by Crippen LogP contribution is -2.30. The molecule has 0 atom stereocenters. The Hall–Kier alpha value is -2.86. The van der Waals surface area contributed by atoms with Crippen LogP contribution < -0.4 is 16.1 Å². The largest absolute Gasteiger partial charge is 0.497 e. The number of hydrogen-bond acceptors (Lipinski definition) is 5. The van der Waals surface area contributed by atoms with Crippen molar-refractivity contribution in [2.75, 3.05) is 13.0 Å². The van der Waals surface area contributed by atoms with E-state index < -0.39 is 0 Å². The van der Waals surface area contributed by atoms with Gasteiger partial charge in [0.25, 0.3) is 5.56 Å². The summed E-state index contributed by atoms with van der Waals surface area (Å²) in [5.74, 6) is 7.27. The minimum atomic E-state index is -0.188. The highest BCUT2D eigenvalue weighted by molar-refractivity contribution is 7.19. The SMILES string of the molecule is COc1ccc(/C=C/C2=Cc3c(sc4nc(C)n(N)c(=O)c34)C(C)(C)C2)cc1. The second kappa shape index (κ2) is 6.63. The summed E-state index contributed by atoms with van der Waals surface area (Å²) in [6, 6.07) is 7.94. The molecule has 0 unspecified atom stereocenters. The van der Waals surface area contributed by atoms with E-state index in [1.165, 1.54) is 10.5 Å². The van der Waals surface area contributed by atoms with Crippen LogP contribution in [0.25, 0.3) is 22.4 Å². The number of methoxy groups -OCH3 is 1. The molecule has 6 heteroatoms. The Kier molecular flexibility index (Phi) is 4.38. The topological polar surface area (TPSA) is 70.1 Å². The molecule has 3 aromatic rings. The van der Waals surface area contributed by atoms with E-state index in [0.29, 0.717) is 11.2 Å². The van der Waals surface area contributed by atoms with E-state index in [2.05, 4.69) is 37.1 Å². The fourth-order valence-corrected chi connectivity index (χ4v) is 4.97. The average Bonchev–Trinajstić information content (AvgIpc) is 3.04. The maximum Gasteiger partial charge on any atom is 0.281 e. The van der Waals surface area contributed by atoms with Crippen molar-refractivity contribution in [2.24, 2.45) is 0 Å². The highest BCUT2D eigenvalue weighted by atomic mass is 32.1. The van der Waals surface area contributed by atoms with Crippen molar-refractivity contribution in [3.05, 3.63) is 68.1 Å². The maximum absolute atomic E-state index is 12.8. The molecule has 1 aromatic carbocycles. The summed E-state index contributed by atoms with van der Waals surface area (Å²) >= 11 is 1.60. The van der Waals surface area contributed by atoms with E-state index >= 15 is 0 Å². The zero-order valence-electron chi connectivity index (χ0n) is 16.4. The molecule has 0 spiro atoms. The van der Waals surface area contributed by atoms with Crippen LogP contribution in [-0.2, 0) is 5.41 Å². The van der Waals surface area contributed by atoms with Gasteiger partial charge in [0.15, 0.2) is 0 Å². The number of ether oxygens (including phenoxy) is 1. The second-order valence-electron chi connectivity index (χ2n) is 7.75. The van der Waals surface area contributed by atoms with Gasteiger partial charge in [0.2, 0.25) is 0 Å². The smallest absolute Gasteiger partial charge is 0.281 e. The van der Waals surface area contributed by atoms with Gasteiger partial charge in [0.1, 0.15) is 16.4 Å². The lowest BCUT2D eigenvalue weighted by Gasteiger charge is -2.29. The molecule has 0 bridgehead atoms. The molecule has 0 saturated heterocycles. The number of aromatic nitrogens is 2. The summed E-state index contributed by atoms with van der Waals surface area (Å²) in [6.45, 7) is 6.18. The minimum absolute atomic E-state index is 0.0746. The number of nitrogens with zero attached hydrogens (tertiary/aromatic N) is 2. The van der Waals surface area contributed by atoms with E-state index in [1.807, 2.05) is 24.3 Å². The molecule has 0 saturated carbocycles. The van der Waals surface area contributed by atoms with Crippen LogP contribution in [0.3, 0.4) is 0 Å². The Morgan fingerprint density at radius 2 is 1.96 bits per heavy atom. The zero-order chi connectivity index (χ0) is 20.1. The number of hydrogen-bond donors (Lipinski definition) is 1. The normalized spacial score (nSPS) is 15.6.